The fraction of sp³-hybridized carbons (Fsp3) is 0.467. The van der Waals surface area contributed by atoms with Gasteiger partial charge in [-0.3, -0.25) is 4.79 Å². The summed E-state index contributed by atoms with van der Waals surface area (Å²) in [6, 6.07) is 5.55. The number of carbonyl (C=O) groups is 1. The second-order valence-electron chi connectivity index (χ2n) is 5.38. The zero-order valence-electron chi connectivity index (χ0n) is 11.6. The molecule has 3 rings (SSSR count). The van der Waals surface area contributed by atoms with Crippen molar-refractivity contribution in [3.8, 4) is 0 Å². The van der Waals surface area contributed by atoms with Gasteiger partial charge in [-0.05, 0) is 44.4 Å². The number of nitrogens with zero attached hydrogens (tertiary/aromatic N) is 2. The van der Waals surface area contributed by atoms with Crippen molar-refractivity contribution in [2.45, 2.75) is 26.7 Å². The van der Waals surface area contributed by atoms with Crippen molar-refractivity contribution in [3.63, 3.8) is 0 Å². The smallest absolute Gasteiger partial charge is 0.259 e. The molecule has 2 heterocycles. The molecular weight excluding hydrogens is 276 g/mol. The Balaban J connectivity index is 2.01. The average Bonchev–Trinajstić information content (AvgIpc) is 2.68. The predicted octanol–water partition coefficient (Wildman–Crippen LogP) is 3.17. The number of hydrogen-bond acceptors (Lipinski definition) is 3. The molecule has 0 atom stereocenters. The zero-order valence-corrected chi connectivity index (χ0v) is 12.4. The Labute approximate surface area is 123 Å². The molecule has 5 heteroatoms. The van der Waals surface area contributed by atoms with Gasteiger partial charge in [0.2, 0.25) is 0 Å². The van der Waals surface area contributed by atoms with Crippen LogP contribution < -0.4 is 5.01 Å². The van der Waals surface area contributed by atoms with Crippen molar-refractivity contribution < 1.29 is 9.53 Å². The third-order valence-corrected chi connectivity index (χ3v) is 4.77. The highest BCUT2D eigenvalue weighted by atomic mass is 35.5. The van der Waals surface area contributed by atoms with E-state index in [4.69, 9.17) is 16.3 Å². The third-order valence-electron chi connectivity index (χ3n) is 4.36. The lowest BCUT2D eigenvalue weighted by Gasteiger charge is -2.31. The Kier molecular flexibility index (Phi) is 3.30. The quantitative estimate of drug-likeness (QED) is 0.798. The molecule has 1 aromatic carbocycles. The molecule has 4 nitrogen and oxygen atoms in total. The maximum atomic E-state index is 12.9. The van der Waals surface area contributed by atoms with Gasteiger partial charge in [-0.2, -0.15) is 10.1 Å². The number of benzene rings is 1. The summed E-state index contributed by atoms with van der Waals surface area (Å²) in [6.45, 7) is 5.07. The number of amides is 1. The van der Waals surface area contributed by atoms with E-state index >= 15 is 0 Å². The van der Waals surface area contributed by atoms with Gasteiger partial charge < -0.3 is 4.74 Å². The highest BCUT2D eigenvalue weighted by Crippen LogP contribution is 2.41. The van der Waals surface area contributed by atoms with Gasteiger partial charge in [-0.1, -0.05) is 17.7 Å². The fourth-order valence-electron chi connectivity index (χ4n) is 2.93. The molecule has 0 radical (unpaired) electrons. The number of hydrogen-bond donors (Lipinski definition) is 0. The molecule has 20 heavy (non-hydrogen) atoms. The topological polar surface area (TPSA) is 41.9 Å². The predicted molar refractivity (Wildman–Crippen MR) is 79.3 cm³/mol. The van der Waals surface area contributed by atoms with Crippen LogP contribution in [0.3, 0.4) is 0 Å². The van der Waals surface area contributed by atoms with Crippen LogP contribution in [0.1, 0.15) is 25.3 Å². The molecule has 1 fully saturated rings. The standard InChI is InChI=1S/C15H17ClN2O2/c1-10-12(16)4-3-5-13(10)18-14(19)15(11(2)17-18)6-8-20-9-7-15/h3-5H,6-9H2,1-2H3. The minimum absolute atomic E-state index is 0.0451. The summed E-state index contributed by atoms with van der Waals surface area (Å²) in [5, 5.41) is 6.67. The Bertz CT molecular complexity index is 592. The van der Waals surface area contributed by atoms with Gasteiger partial charge in [0.25, 0.3) is 5.91 Å². The third kappa shape index (κ3) is 1.86. The van der Waals surface area contributed by atoms with E-state index in [0.717, 1.165) is 17.0 Å². The summed E-state index contributed by atoms with van der Waals surface area (Å²) >= 11 is 6.15. The summed E-state index contributed by atoms with van der Waals surface area (Å²) in [6.07, 6.45) is 1.41. The van der Waals surface area contributed by atoms with E-state index in [9.17, 15) is 4.79 Å². The maximum absolute atomic E-state index is 12.9. The Morgan fingerprint density at radius 1 is 1.30 bits per heavy atom. The largest absolute Gasteiger partial charge is 0.381 e. The van der Waals surface area contributed by atoms with Crippen LogP contribution in [0, 0.1) is 12.3 Å². The first-order valence-corrected chi connectivity index (χ1v) is 7.17. The van der Waals surface area contributed by atoms with Crippen molar-refractivity contribution in [2.75, 3.05) is 18.2 Å². The van der Waals surface area contributed by atoms with Gasteiger partial charge in [0, 0.05) is 18.2 Å². The second-order valence-corrected chi connectivity index (χ2v) is 5.79. The Morgan fingerprint density at radius 3 is 2.70 bits per heavy atom. The molecule has 0 bridgehead atoms. The second kappa shape index (κ2) is 4.86. The highest BCUT2D eigenvalue weighted by Gasteiger charge is 2.50. The number of ether oxygens (including phenoxy) is 1. The van der Waals surface area contributed by atoms with Gasteiger partial charge in [0.1, 0.15) is 0 Å². The number of rotatable bonds is 1. The van der Waals surface area contributed by atoms with Gasteiger partial charge in [-0.25, -0.2) is 0 Å². The number of anilines is 1. The molecule has 0 saturated carbocycles. The molecule has 1 aromatic rings. The van der Waals surface area contributed by atoms with E-state index in [0.29, 0.717) is 31.1 Å². The van der Waals surface area contributed by atoms with Crippen LogP contribution >= 0.6 is 11.6 Å². The molecule has 1 amide bonds. The van der Waals surface area contributed by atoms with Gasteiger partial charge in [-0.15, -0.1) is 0 Å². The Morgan fingerprint density at radius 2 is 2.00 bits per heavy atom. The lowest BCUT2D eigenvalue weighted by Crippen LogP contribution is -2.43. The lowest BCUT2D eigenvalue weighted by molar-refractivity contribution is -0.127. The number of carbonyl (C=O) groups excluding carboxylic acids is 1. The van der Waals surface area contributed by atoms with Crippen LogP contribution in [0.15, 0.2) is 23.3 Å². The monoisotopic (exact) mass is 292 g/mol. The summed E-state index contributed by atoms with van der Waals surface area (Å²) in [5.41, 5.74) is 2.05. The average molecular weight is 293 g/mol. The van der Waals surface area contributed by atoms with Crippen LogP contribution in [-0.4, -0.2) is 24.8 Å². The summed E-state index contributed by atoms with van der Waals surface area (Å²) in [4.78, 5) is 12.9. The molecule has 2 aliphatic heterocycles. The van der Waals surface area contributed by atoms with Crippen molar-refractivity contribution in [2.24, 2.45) is 10.5 Å². The summed E-state index contributed by atoms with van der Waals surface area (Å²) < 4.78 is 5.39. The molecule has 106 valence electrons. The minimum atomic E-state index is -0.479. The van der Waals surface area contributed by atoms with E-state index in [2.05, 4.69) is 5.10 Å². The first kappa shape index (κ1) is 13.6. The highest BCUT2D eigenvalue weighted by molar-refractivity contribution is 6.32. The first-order valence-electron chi connectivity index (χ1n) is 6.79. The van der Waals surface area contributed by atoms with Crippen LogP contribution in [0.25, 0.3) is 0 Å². The van der Waals surface area contributed by atoms with E-state index in [1.807, 2.05) is 32.0 Å². The fourth-order valence-corrected chi connectivity index (χ4v) is 3.10. The van der Waals surface area contributed by atoms with Gasteiger partial charge in [0.15, 0.2) is 0 Å². The van der Waals surface area contributed by atoms with E-state index in [-0.39, 0.29) is 5.91 Å². The molecule has 1 saturated heterocycles. The molecule has 0 aliphatic carbocycles. The van der Waals surface area contributed by atoms with E-state index < -0.39 is 5.41 Å². The normalized spacial score (nSPS) is 21.4. The van der Waals surface area contributed by atoms with Crippen molar-refractivity contribution in [3.05, 3.63) is 28.8 Å². The molecule has 0 aromatic heterocycles. The SMILES string of the molecule is CC1=NN(c2cccc(Cl)c2C)C(=O)C12CCOCC2. The summed E-state index contributed by atoms with van der Waals surface area (Å²) in [5.74, 6) is 0.0451. The van der Waals surface area contributed by atoms with Crippen molar-refractivity contribution in [1.29, 1.82) is 0 Å². The molecule has 2 aliphatic rings. The molecule has 1 spiro atoms. The van der Waals surface area contributed by atoms with Gasteiger partial charge in [0.05, 0.1) is 16.8 Å². The van der Waals surface area contributed by atoms with Crippen molar-refractivity contribution in [1.82, 2.24) is 0 Å². The number of halogens is 1. The Hall–Kier alpha value is -1.39. The maximum Gasteiger partial charge on any atom is 0.259 e. The van der Waals surface area contributed by atoms with Crippen LogP contribution in [0.4, 0.5) is 5.69 Å². The lowest BCUT2D eigenvalue weighted by atomic mass is 9.76. The molecule has 0 unspecified atom stereocenters. The van der Waals surface area contributed by atoms with Crippen LogP contribution in [0.2, 0.25) is 5.02 Å². The molecule has 0 N–H and O–H groups in total. The first-order chi connectivity index (χ1) is 9.56. The van der Waals surface area contributed by atoms with E-state index in [1.165, 1.54) is 5.01 Å². The van der Waals surface area contributed by atoms with Crippen molar-refractivity contribution >= 4 is 28.9 Å². The van der Waals surface area contributed by atoms with Gasteiger partial charge >= 0.3 is 0 Å². The minimum Gasteiger partial charge on any atom is -0.381 e. The summed E-state index contributed by atoms with van der Waals surface area (Å²) in [7, 11) is 0. The van der Waals surface area contributed by atoms with Crippen LogP contribution in [-0.2, 0) is 9.53 Å². The van der Waals surface area contributed by atoms with E-state index in [1.54, 1.807) is 0 Å². The molecular formula is C15H17ClN2O2. The van der Waals surface area contributed by atoms with Crippen LogP contribution in [0.5, 0.6) is 0 Å². The number of hydrazone groups is 1. The zero-order chi connectivity index (χ0) is 14.3.